The van der Waals surface area contributed by atoms with E-state index in [4.69, 9.17) is 0 Å². The molecule has 1 heterocycles. The quantitative estimate of drug-likeness (QED) is 0.729. The molecule has 0 aliphatic carbocycles. The second-order valence-electron chi connectivity index (χ2n) is 4.85. The number of rotatable bonds is 1. The number of benzene rings is 2. The van der Waals surface area contributed by atoms with Gasteiger partial charge in [-0.25, -0.2) is 0 Å². The first-order chi connectivity index (χ1) is 8.18. The molecule has 1 aliphatic rings. The smallest absolute Gasteiger partial charge is 0.255 e. The summed E-state index contributed by atoms with van der Waals surface area (Å²) in [6.45, 7) is 4.85. The van der Waals surface area contributed by atoms with E-state index in [1.807, 2.05) is 17.0 Å². The topological polar surface area (TPSA) is 20.3 Å². The van der Waals surface area contributed by atoms with Crippen molar-refractivity contribution < 1.29 is 4.79 Å². The zero-order valence-corrected chi connectivity index (χ0v) is 10.1. The molecular formula is C15H15NO. The lowest BCUT2D eigenvalue weighted by Crippen LogP contribution is -2.38. The Labute approximate surface area is 101 Å². The molecule has 2 nitrogen and oxygen atoms in total. The van der Waals surface area contributed by atoms with Gasteiger partial charge in [0.15, 0.2) is 0 Å². The summed E-state index contributed by atoms with van der Waals surface area (Å²) in [7, 11) is 0. The largest absolute Gasteiger partial charge is 0.332 e. The lowest BCUT2D eigenvalue weighted by atomic mass is 9.94. The SMILES string of the molecule is CC(C)N1Cc2cccc3cccc(c23)C1=O. The van der Waals surface area contributed by atoms with Gasteiger partial charge in [-0.3, -0.25) is 4.79 Å². The third kappa shape index (κ3) is 1.44. The maximum absolute atomic E-state index is 12.4. The number of nitrogens with zero attached hydrogens (tertiary/aromatic N) is 1. The molecule has 0 radical (unpaired) electrons. The van der Waals surface area contributed by atoms with Crippen LogP contribution in [0, 0.1) is 0 Å². The first-order valence-corrected chi connectivity index (χ1v) is 6.00. The zero-order valence-electron chi connectivity index (χ0n) is 10.1. The highest BCUT2D eigenvalue weighted by Gasteiger charge is 2.26. The maximum Gasteiger partial charge on any atom is 0.255 e. The third-order valence-electron chi connectivity index (χ3n) is 3.45. The summed E-state index contributed by atoms with van der Waals surface area (Å²) < 4.78 is 0. The van der Waals surface area contributed by atoms with Crippen LogP contribution in [0.3, 0.4) is 0 Å². The van der Waals surface area contributed by atoms with E-state index in [2.05, 4.69) is 38.1 Å². The Kier molecular flexibility index (Phi) is 2.18. The van der Waals surface area contributed by atoms with E-state index in [0.29, 0.717) is 0 Å². The van der Waals surface area contributed by atoms with Gasteiger partial charge in [0.2, 0.25) is 0 Å². The van der Waals surface area contributed by atoms with E-state index in [-0.39, 0.29) is 11.9 Å². The van der Waals surface area contributed by atoms with Gasteiger partial charge in [0.05, 0.1) is 0 Å². The predicted octanol–water partition coefficient (Wildman–Crippen LogP) is 3.20. The van der Waals surface area contributed by atoms with E-state index >= 15 is 0 Å². The molecule has 0 bridgehead atoms. The van der Waals surface area contributed by atoms with Crippen molar-refractivity contribution >= 4 is 16.7 Å². The number of carbonyl (C=O) groups excluding carboxylic acids is 1. The fourth-order valence-electron chi connectivity index (χ4n) is 2.56. The summed E-state index contributed by atoms with van der Waals surface area (Å²) in [5.41, 5.74) is 2.10. The Morgan fingerprint density at radius 3 is 2.53 bits per heavy atom. The van der Waals surface area contributed by atoms with Crippen molar-refractivity contribution in [3.8, 4) is 0 Å². The predicted molar refractivity (Wildman–Crippen MR) is 69.0 cm³/mol. The molecule has 0 saturated heterocycles. The molecule has 2 heteroatoms. The van der Waals surface area contributed by atoms with Crippen LogP contribution in [0.4, 0.5) is 0 Å². The van der Waals surface area contributed by atoms with Crippen LogP contribution >= 0.6 is 0 Å². The Hall–Kier alpha value is -1.83. The minimum Gasteiger partial charge on any atom is -0.332 e. The van der Waals surface area contributed by atoms with Crippen molar-refractivity contribution in [3.05, 3.63) is 47.5 Å². The van der Waals surface area contributed by atoms with Gasteiger partial charge >= 0.3 is 0 Å². The number of amides is 1. The highest BCUT2D eigenvalue weighted by Crippen LogP contribution is 2.30. The molecule has 0 fully saturated rings. The third-order valence-corrected chi connectivity index (χ3v) is 3.45. The van der Waals surface area contributed by atoms with Crippen molar-refractivity contribution in [2.45, 2.75) is 26.4 Å². The standard InChI is InChI=1S/C15H15NO/c1-10(2)16-9-12-7-3-5-11-6-4-8-13(14(11)12)15(16)17/h3-8,10H,9H2,1-2H3. The van der Waals surface area contributed by atoms with Gasteiger partial charge in [-0.15, -0.1) is 0 Å². The van der Waals surface area contributed by atoms with Gasteiger partial charge in [0.1, 0.15) is 0 Å². The first-order valence-electron chi connectivity index (χ1n) is 6.00. The molecule has 0 spiro atoms. The molecule has 2 aromatic carbocycles. The molecule has 86 valence electrons. The van der Waals surface area contributed by atoms with Gasteiger partial charge in [0.25, 0.3) is 5.91 Å². The minimum absolute atomic E-state index is 0.157. The molecule has 1 amide bonds. The van der Waals surface area contributed by atoms with Crippen LogP contribution in [0.2, 0.25) is 0 Å². The van der Waals surface area contributed by atoms with Gasteiger partial charge in [-0.1, -0.05) is 30.3 Å². The van der Waals surface area contributed by atoms with E-state index in [9.17, 15) is 4.79 Å². The lowest BCUT2D eigenvalue weighted by Gasteiger charge is -2.32. The van der Waals surface area contributed by atoms with Crippen LogP contribution in [0.15, 0.2) is 36.4 Å². The summed E-state index contributed by atoms with van der Waals surface area (Å²) in [5, 5.41) is 2.30. The summed E-state index contributed by atoms with van der Waals surface area (Å²) in [6.07, 6.45) is 0. The van der Waals surface area contributed by atoms with Gasteiger partial charge < -0.3 is 4.90 Å². The van der Waals surface area contributed by atoms with Crippen molar-refractivity contribution in [3.63, 3.8) is 0 Å². The summed E-state index contributed by atoms with van der Waals surface area (Å²) >= 11 is 0. The van der Waals surface area contributed by atoms with Crippen LogP contribution < -0.4 is 0 Å². The highest BCUT2D eigenvalue weighted by atomic mass is 16.2. The molecule has 0 aromatic heterocycles. The molecule has 1 aliphatic heterocycles. The zero-order chi connectivity index (χ0) is 12.0. The van der Waals surface area contributed by atoms with Crippen LogP contribution in [-0.2, 0) is 6.54 Å². The van der Waals surface area contributed by atoms with E-state index in [1.54, 1.807) is 0 Å². The van der Waals surface area contributed by atoms with Gasteiger partial charge in [-0.2, -0.15) is 0 Å². The Bertz CT molecular complexity index is 596. The molecule has 0 saturated carbocycles. The van der Waals surface area contributed by atoms with Crippen LogP contribution in [0.1, 0.15) is 29.8 Å². The van der Waals surface area contributed by atoms with Crippen LogP contribution in [-0.4, -0.2) is 16.8 Å². The first kappa shape index (κ1) is 10.3. The maximum atomic E-state index is 12.4. The van der Waals surface area contributed by atoms with Crippen molar-refractivity contribution in [1.82, 2.24) is 4.90 Å². The van der Waals surface area contributed by atoms with Crippen molar-refractivity contribution in [1.29, 1.82) is 0 Å². The molecular weight excluding hydrogens is 210 g/mol. The van der Waals surface area contributed by atoms with Gasteiger partial charge in [-0.05, 0) is 36.2 Å². The lowest BCUT2D eigenvalue weighted by molar-refractivity contribution is 0.0684. The van der Waals surface area contributed by atoms with Crippen LogP contribution in [0.5, 0.6) is 0 Å². The average molecular weight is 225 g/mol. The summed E-state index contributed by atoms with van der Waals surface area (Å²) in [6, 6.07) is 12.5. The van der Waals surface area contributed by atoms with E-state index in [1.165, 1.54) is 5.56 Å². The van der Waals surface area contributed by atoms with E-state index < -0.39 is 0 Å². The molecule has 3 rings (SSSR count). The Balaban J connectivity index is 2.29. The second kappa shape index (κ2) is 3.59. The number of hydrogen-bond acceptors (Lipinski definition) is 1. The molecule has 17 heavy (non-hydrogen) atoms. The highest BCUT2D eigenvalue weighted by molar-refractivity contribution is 6.10. The van der Waals surface area contributed by atoms with E-state index in [0.717, 1.165) is 22.9 Å². The molecule has 0 unspecified atom stereocenters. The Morgan fingerprint density at radius 1 is 1.12 bits per heavy atom. The molecule has 0 atom stereocenters. The van der Waals surface area contributed by atoms with Gasteiger partial charge in [0, 0.05) is 18.2 Å². The monoisotopic (exact) mass is 225 g/mol. The normalized spacial score (nSPS) is 14.8. The summed E-state index contributed by atoms with van der Waals surface area (Å²) in [4.78, 5) is 14.3. The fraction of sp³-hybridized carbons (Fsp3) is 0.267. The fourth-order valence-corrected chi connectivity index (χ4v) is 2.56. The minimum atomic E-state index is 0.157. The number of hydrogen-bond donors (Lipinski definition) is 0. The Morgan fingerprint density at radius 2 is 1.82 bits per heavy atom. The average Bonchev–Trinajstić information content (AvgIpc) is 2.33. The summed E-state index contributed by atoms with van der Waals surface area (Å²) in [5.74, 6) is 0.157. The molecule has 2 aromatic rings. The number of carbonyl (C=O) groups is 1. The van der Waals surface area contributed by atoms with Crippen molar-refractivity contribution in [2.75, 3.05) is 0 Å². The molecule has 0 N–H and O–H groups in total. The van der Waals surface area contributed by atoms with Crippen LogP contribution in [0.25, 0.3) is 10.8 Å². The van der Waals surface area contributed by atoms with Crippen molar-refractivity contribution in [2.24, 2.45) is 0 Å². The second-order valence-corrected chi connectivity index (χ2v) is 4.85.